The molecule has 0 aliphatic rings. The van der Waals surface area contributed by atoms with Crippen LogP contribution in [0.25, 0.3) is 0 Å². The molecule has 1 aromatic heterocycles. The zero-order valence-electron chi connectivity index (χ0n) is 10.9. The average molecular weight is 252 g/mol. The van der Waals surface area contributed by atoms with Crippen molar-refractivity contribution < 1.29 is 14.0 Å². The first kappa shape index (κ1) is 14.3. The van der Waals surface area contributed by atoms with Gasteiger partial charge in [0.25, 0.3) is 0 Å². The van der Waals surface area contributed by atoms with Crippen molar-refractivity contribution >= 4 is 11.8 Å². The van der Waals surface area contributed by atoms with Gasteiger partial charge in [0.1, 0.15) is 5.76 Å². The molecule has 0 atom stereocenters. The molecule has 0 saturated carbocycles. The smallest absolute Gasteiger partial charge is 0.239 e. The Kier molecular flexibility index (Phi) is 5.97. The molecule has 0 aliphatic heterocycles. The number of carbonyl (C=O) groups excluding carboxylic acids is 2. The Labute approximate surface area is 107 Å². The first-order chi connectivity index (χ1) is 8.63. The van der Waals surface area contributed by atoms with Crippen LogP contribution in [0.2, 0.25) is 0 Å². The van der Waals surface area contributed by atoms with Gasteiger partial charge in [0.2, 0.25) is 11.8 Å². The summed E-state index contributed by atoms with van der Waals surface area (Å²) >= 11 is 0. The SMILES string of the molecule is CCCCNC(=O)CN(Cc1ccco1)C(C)=O. The van der Waals surface area contributed by atoms with Crippen LogP contribution < -0.4 is 5.32 Å². The molecule has 0 aliphatic carbocycles. The number of unbranched alkanes of at least 4 members (excludes halogenated alkanes) is 1. The molecular formula is C13H20N2O3. The topological polar surface area (TPSA) is 62.6 Å². The van der Waals surface area contributed by atoms with Crippen molar-refractivity contribution in [2.75, 3.05) is 13.1 Å². The molecule has 0 radical (unpaired) electrons. The lowest BCUT2D eigenvalue weighted by Gasteiger charge is -2.19. The van der Waals surface area contributed by atoms with Crippen LogP contribution in [-0.4, -0.2) is 29.8 Å². The van der Waals surface area contributed by atoms with Gasteiger partial charge in [-0.05, 0) is 18.6 Å². The van der Waals surface area contributed by atoms with Crippen LogP contribution in [0.5, 0.6) is 0 Å². The number of nitrogens with one attached hydrogen (secondary N) is 1. The standard InChI is InChI=1S/C13H20N2O3/c1-3-4-7-14-13(17)10-15(11(2)16)9-12-6-5-8-18-12/h5-6,8H,3-4,7,9-10H2,1-2H3,(H,14,17). The summed E-state index contributed by atoms with van der Waals surface area (Å²) in [6.07, 6.45) is 3.53. The Morgan fingerprint density at radius 3 is 2.78 bits per heavy atom. The van der Waals surface area contributed by atoms with E-state index in [9.17, 15) is 9.59 Å². The van der Waals surface area contributed by atoms with E-state index in [1.165, 1.54) is 11.8 Å². The van der Waals surface area contributed by atoms with Crippen LogP contribution in [0.15, 0.2) is 22.8 Å². The molecule has 2 amide bonds. The average Bonchev–Trinajstić information content (AvgIpc) is 2.81. The highest BCUT2D eigenvalue weighted by Crippen LogP contribution is 2.05. The van der Waals surface area contributed by atoms with Crippen LogP contribution in [0.4, 0.5) is 0 Å². The zero-order chi connectivity index (χ0) is 13.4. The van der Waals surface area contributed by atoms with Crippen molar-refractivity contribution in [1.82, 2.24) is 10.2 Å². The Bertz CT molecular complexity index is 374. The van der Waals surface area contributed by atoms with Crippen LogP contribution in [-0.2, 0) is 16.1 Å². The first-order valence-corrected chi connectivity index (χ1v) is 6.18. The molecule has 0 aromatic carbocycles. The molecule has 1 aromatic rings. The van der Waals surface area contributed by atoms with Gasteiger partial charge in [-0.3, -0.25) is 9.59 Å². The summed E-state index contributed by atoms with van der Waals surface area (Å²) in [4.78, 5) is 24.5. The second-order valence-electron chi connectivity index (χ2n) is 4.16. The minimum absolute atomic E-state index is 0.0692. The molecule has 1 rings (SSSR count). The Morgan fingerprint density at radius 1 is 1.44 bits per heavy atom. The lowest BCUT2D eigenvalue weighted by Crippen LogP contribution is -2.39. The molecule has 18 heavy (non-hydrogen) atoms. The maximum Gasteiger partial charge on any atom is 0.239 e. The fraction of sp³-hybridized carbons (Fsp3) is 0.538. The summed E-state index contributed by atoms with van der Waals surface area (Å²) < 4.78 is 5.17. The highest BCUT2D eigenvalue weighted by atomic mass is 16.3. The molecule has 0 bridgehead atoms. The molecule has 0 unspecified atom stereocenters. The Balaban J connectivity index is 2.42. The maximum atomic E-state index is 11.6. The summed E-state index contributed by atoms with van der Waals surface area (Å²) in [7, 11) is 0. The number of hydrogen-bond donors (Lipinski definition) is 1. The molecule has 0 saturated heterocycles. The summed E-state index contributed by atoms with van der Waals surface area (Å²) in [6.45, 7) is 4.55. The number of amides is 2. The van der Waals surface area contributed by atoms with Crippen molar-refractivity contribution in [3.05, 3.63) is 24.2 Å². The molecule has 0 fully saturated rings. The number of hydrogen-bond acceptors (Lipinski definition) is 3. The summed E-state index contributed by atoms with van der Waals surface area (Å²) in [5, 5.41) is 2.79. The van der Waals surface area contributed by atoms with E-state index in [0.717, 1.165) is 12.8 Å². The van der Waals surface area contributed by atoms with Gasteiger partial charge < -0.3 is 14.6 Å². The van der Waals surface area contributed by atoms with Gasteiger partial charge in [-0.15, -0.1) is 0 Å². The van der Waals surface area contributed by atoms with Crippen molar-refractivity contribution in [1.29, 1.82) is 0 Å². The first-order valence-electron chi connectivity index (χ1n) is 6.18. The van der Waals surface area contributed by atoms with E-state index in [-0.39, 0.29) is 18.4 Å². The third kappa shape index (κ3) is 5.03. The highest BCUT2D eigenvalue weighted by Gasteiger charge is 2.14. The van der Waals surface area contributed by atoms with Gasteiger partial charge in [0.15, 0.2) is 0 Å². The second kappa shape index (κ2) is 7.53. The molecule has 1 N–H and O–H groups in total. The number of nitrogens with zero attached hydrogens (tertiary/aromatic N) is 1. The third-order valence-electron chi connectivity index (χ3n) is 2.56. The van der Waals surface area contributed by atoms with E-state index >= 15 is 0 Å². The van der Waals surface area contributed by atoms with E-state index in [4.69, 9.17) is 4.42 Å². The van der Waals surface area contributed by atoms with Gasteiger partial charge in [-0.2, -0.15) is 0 Å². The minimum atomic E-state index is -0.142. The maximum absolute atomic E-state index is 11.6. The Morgan fingerprint density at radius 2 is 2.22 bits per heavy atom. The van der Waals surface area contributed by atoms with Gasteiger partial charge >= 0.3 is 0 Å². The van der Waals surface area contributed by atoms with E-state index in [1.807, 2.05) is 0 Å². The summed E-state index contributed by atoms with van der Waals surface area (Å²) in [5.41, 5.74) is 0. The van der Waals surface area contributed by atoms with Crippen LogP contribution in [0.1, 0.15) is 32.4 Å². The van der Waals surface area contributed by atoms with E-state index in [2.05, 4.69) is 12.2 Å². The van der Waals surface area contributed by atoms with Gasteiger partial charge in [-0.25, -0.2) is 0 Å². The van der Waals surface area contributed by atoms with Gasteiger partial charge in [0.05, 0.1) is 19.4 Å². The van der Waals surface area contributed by atoms with E-state index < -0.39 is 0 Å². The lowest BCUT2D eigenvalue weighted by molar-refractivity contribution is -0.135. The van der Waals surface area contributed by atoms with Crippen LogP contribution in [0.3, 0.4) is 0 Å². The number of rotatable bonds is 7. The van der Waals surface area contributed by atoms with E-state index in [0.29, 0.717) is 18.8 Å². The molecule has 1 heterocycles. The highest BCUT2D eigenvalue weighted by molar-refractivity contribution is 5.83. The van der Waals surface area contributed by atoms with Crippen LogP contribution >= 0.6 is 0 Å². The monoisotopic (exact) mass is 252 g/mol. The van der Waals surface area contributed by atoms with Crippen molar-refractivity contribution in [3.63, 3.8) is 0 Å². The van der Waals surface area contributed by atoms with Crippen molar-refractivity contribution in [2.24, 2.45) is 0 Å². The number of furan rings is 1. The van der Waals surface area contributed by atoms with Crippen molar-refractivity contribution in [2.45, 2.75) is 33.2 Å². The fourth-order valence-corrected chi connectivity index (χ4v) is 1.50. The predicted octanol–water partition coefficient (Wildman–Crippen LogP) is 1.54. The lowest BCUT2D eigenvalue weighted by atomic mass is 10.3. The van der Waals surface area contributed by atoms with Gasteiger partial charge in [-0.1, -0.05) is 13.3 Å². The Hall–Kier alpha value is -1.78. The van der Waals surface area contributed by atoms with Gasteiger partial charge in [0, 0.05) is 13.5 Å². The fourth-order valence-electron chi connectivity index (χ4n) is 1.50. The molecule has 0 spiro atoms. The zero-order valence-corrected chi connectivity index (χ0v) is 10.9. The normalized spacial score (nSPS) is 10.1. The predicted molar refractivity (Wildman–Crippen MR) is 67.7 cm³/mol. The molecule has 5 nitrogen and oxygen atoms in total. The quantitative estimate of drug-likeness (QED) is 0.749. The van der Waals surface area contributed by atoms with Crippen molar-refractivity contribution in [3.8, 4) is 0 Å². The van der Waals surface area contributed by atoms with E-state index in [1.54, 1.807) is 18.4 Å². The minimum Gasteiger partial charge on any atom is -0.467 e. The molecule has 5 heteroatoms. The molecular weight excluding hydrogens is 232 g/mol. The largest absolute Gasteiger partial charge is 0.467 e. The molecule has 100 valence electrons. The number of carbonyl (C=O) groups is 2. The van der Waals surface area contributed by atoms with Crippen LogP contribution in [0, 0.1) is 0 Å². The third-order valence-corrected chi connectivity index (χ3v) is 2.56. The second-order valence-corrected chi connectivity index (χ2v) is 4.16. The summed E-state index contributed by atoms with van der Waals surface area (Å²) in [6, 6.07) is 3.54. The summed E-state index contributed by atoms with van der Waals surface area (Å²) in [5.74, 6) is 0.397.